The molecule has 0 aliphatic heterocycles. The molecule has 1 unspecified atom stereocenters. The molecule has 2 aromatic heterocycles. The number of methoxy groups -OCH3 is 1. The number of nitriles is 1. The van der Waals surface area contributed by atoms with E-state index in [4.69, 9.17) is 4.74 Å². The summed E-state index contributed by atoms with van der Waals surface area (Å²) in [4.78, 5) is 8.94. The van der Waals surface area contributed by atoms with E-state index in [0.29, 0.717) is 5.69 Å². The van der Waals surface area contributed by atoms with Gasteiger partial charge in [0.25, 0.3) is 0 Å². The number of benzene rings is 2. The van der Waals surface area contributed by atoms with Gasteiger partial charge >= 0.3 is 0 Å². The summed E-state index contributed by atoms with van der Waals surface area (Å²) in [6, 6.07) is 19.4. The van der Waals surface area contributed by atoms with Gasteiger partial charge < -0.3 is 14.6 Å². The highest BCUT2D eigenvalue weighted by molar-refractivity contribution is 5.92. The maximum Gasteiger partial charge on any atom is 0.143 e. The lowest BCUT2D eigenvalue weighted by Crippen LogP contribution is -2.17. The van der Waals surface area contributed by atoms with Gasteiger partial charge in [-0.15, -0.1) is 0 Å². The van der Waals surface area contributed by atoms with Gasteiger partial charge in [0.15, 0.2) is 0 Å². The fraction of sp³-hybridized carbons (Fsp3) is 0.136. The number of anilines is 1. The molecular weight excluding hydrogens is 350 g/mol. The van der Waals surface area contributed by atoms with Gasteiger partial charge in [-0.3, -0.25) is 0 Å². The van der Waals surface area contributed by atoms with Crippen LogP contribution in [-0.2, 0) is 7.05 Å². The number of para-hydroxylation sites is 1. The number of imidazole rings is 1. The molecular formula is C22H19N5O. The molecule has 138 valence electrons. The highest BCUT2D eigenvalue weighted by atomic mass is 16.5. The van der Waals surface area contributed by atoms with Crippen LogP contribution in [0.15, 0.2) is 67.0 Å². The van der Waals surface area contributed by atoms with Gasteiger partial charge in [0.05, 0.1) is 12.6 Å². The Balaban J connectivity index is 1.83. The summed E-state index contributed by atoms with van der Waals surface area (Å²) < 4.78 is 7.27. The van der Waals surface area contributed by atoms with E-state index in [1.54, 1.807) is 19.4 Å². The molecule has 6 heteroatoms. The summed E-state index contributed by atoms with van der Waals surface area (Å²) in [6.07, 6.45) is 3.69. The highest BCUT2D eigenvalue weighted by Gasteiger charge is 2.20. The van der Waals surface area contributed by atoms with Crippen molar-refractivity contribution >= 4 is 16.6 Å². The minimum Gasteiger partial charge on any atom is -0.497 e. The molecule has 0 saturated heterocycles. The van der Waals surface area contributed by atoms with Crippen LogP contribution in [0.25, 0.3) is 10.9 Å². The van der Waals surface area contributed by atoms with Gasteiger partial charge in [0.1, 0.15) is 29.4 Å². The van der Waals surface area contributed by atoms with E-state index in [-0.39, 0.29) is 6.04 Å². The molecule has 0 spiro atoms. The Kier molecular flexibility index (Phi) is 4.65. The first kappa shape index (κ1) is 17.6. The smallest absolute Gasteiger partial charge is 0.143 e. The lowest BCUT2D eigenvalue weighted by Gasteiger charge is -2.21. The third kappa shape index (κ3) is 3.26. The van der Waals surface area contributed by atoms with Crippen molar-refractivity contribution in [1.82, 2.24) is 14.5 Å². The van der Waals surface area contributed by atoms with E-state index in [9.17, 15) is 5.26 Å². The Labute approximate surface area is 163 Å². The predicted molar refractivity (Wildman–Crippen MR) is 108 cm³/mol. The minimum absolute atomic E-state index is 0.205. The standard InChI is InChI=1S/C22H19N5O/c1-27-12-11-24-22(27)21(15-7-9-17(28-2)10-8-15)26-20-13-16(14-23)25-19-6-4-3-5-18(19)20/h3-13,21H,1-2H3,(H,25,26). The van der Waals surface area contributed by atoms with Crippen LogP contribution in [-0.4, -0.2) is 21.6 Å². The monoisotopic (exact) mass is 369 g/mol. The molecule has 0 saturated carbocycles. The lowest BCUT2D eigenvalue weighted by atomic mass is 10.0. The molecule has 1 atom stereocenters. The highest BCUT2D eigenvalue weighted by Crippen LogP contribution is 2.31. The topological polar surface area (TPSA) is 75.8 Å². The molecule has 28 heavy (non-hydrogen) atoms. The van der Waals surface area contributed by atoms with Gasteiger partial charge in [-0.25, -0.2) is 9.97 Å². The average molecular weight is 369 g/mol. The number of nitrogens with one attached hydrogen (secondary N) is 1. The van der Waals surface area contributed by atoms with Crippen LogP contribution < -0.4 is 10.1 Å². The Morgan fingerprint density at radius 3 is 2.61 bits per heavy atom. The van der Waals surface area contributed by atoms with Gasteiger partial charge in [-0.1, -0.05) is 30.3 Å². The molecule has 0 amide bonds. The summed E-state index contributed by atoms with van der Waals surface area (Å²) in [6.45, 7) is 0. The van der Waals surface area contributed by atoms with E-state index >= 15 is 0 Å². The predicted octanol–water partition coefficient (Wildman–Crippen LogP) is 4.05. The van der Waals surface area contributed by atoms with Crippen LogP contribution in [0.2, 0.25) is 0 Å². The second-order valence-corrected chi connectivity index (χ2v) is 6.43. The third-order valence-electron chi connectivity index (χ3n) is 4.70. The number of rotatable bonds is 5. The number of fused-ring (bicyclic) bond motifs is 1. The van der Waals surface area contributed by atoms with E-state index in [0.717, 1.165) is 33.7 Å². The number of hydrogen-bond acceptors (Lipinski definition) is 5. The zero-order valence-corrected chi connectivity index (χ0v) is 15.6. The molecule has 4 aromatic rings. The minimum atomic E-state index is -0.205. The molecule has 0 aliphatic rings. The molecule has 0 fully saturated rings. The Morgan fingerprint density at radius 2 is 1.93 bits per heavy atom. The van der Waals surface area contributed by atoms with E-state index in [2.05, 4.69) is 21.4 Å². The number of pyridine rings is 1. The van der Waals surface area contributed by atoms with Crippen LogP contribution >= 0.6 is 0 Å². The van der Waals surface area contributed by atoms with Gasteiger partial charge in [0.2, 0.25) is 0 Å². The first-order valence-electron chi connectivity index (χ1n) is 8.87. The summed E-state index contributed by atoms with van der Waals surface area (Å²) in [5.74, 6) is 1.66. The molecule has 0 aliphatic carbocycles. The number of nitrogens with zero attached hydrogens (tertiary/aromatic N) is 4. The van der Waals surface area contributed by atoms with E-state index in [1.807, 2.05) is 66.3 Å². The van der Waals surface area contributed by atoms with Crippen molar-refractivity contribution in [2.45, 2.75) is 6.04 Å². The van der Waals surface area contributed by atoms with Crippen LogP contribution in [0.5, 0.6) is 5.75 Å². The van der Waals surface area contributed by atoms with Crippen LogP contribution in [0.4, 0.5) is 5.69 Å². The van der Waals surface area contributed by atoms with Crippen LogP contribution in [0.1, 0.15) is 23.1 Å². The molecule has 6 nitrogen and oxygen atoms in total. The van der Waals surface area contributed by atoms with Crippen molar-refractivity contribution in [3.05, 3.63) is 84.1 Å². The molecule has 0 bridgehead atoms. The van der Waals surface area contributed by atoms with Crippen molar-refractivity contribution in [1.29, 1.82) is 5.26 Å². The number of hydrogen-bond donors (Lipinski definition) is 1. The van der Waals surface area contributed by atoms with Crippen molar-refractivity contribution in [2.24, 2.45) is 7.05 Å². The molecule has 2 aromatic carbocycles. The largest absolute Gasteiger partial charge is 0.497 e. The second kappa shape index (κ2) is 7.41. The molecule has 0 radical (unpaired) electrons. The van der Waals surface area contributed by atoms with Crippen molar-refractivity contribution in [3.63, 3.8) is 0 Å². The molecule has 1 N–H and O–H groups in total. The Hall–Kier alpha value is -3.85. The fourth-order valence-corrected chi connectivity index (χ4v) is 3.26. The third-order valence-corrected chi connectivity index (χ3v) is 4.70. The SMILES string of the molecule is COc1ccc(C(Nc2cc(C#N)nc3ccccc23)c2nccn2C)cc1. The normalized spacial score (nSPS) is 11.8. The van der Waals surface area contributed by atoms with E-state index in [1.165, 1.54) is 0 Å². The summed E-state index contributed by atoms with van der Waals surface area (Å²) in [5, 5.41) is 13.9. The quantitative estimate of drug-likeness (QED) is 0.574. The summed E-state index contributed by atoms with van der Waals surface area (Å²) in [7, 11) is 3.61. The van der Waals surface area contributed by atoms with Gasteiger partial charge in [-0.05, 0) is 29.8 Å². The second-order valence-electron chi connectivity index (χ2n) is 6.43. The van der Waals surface area contributed by atoms with Gasteiger partial charge in [-0.2, -0.15) is 5.26 Å². The van der Waals surface area contributed by atoms with Crippen LogP contribution in [0, 0.1) is 11.3 Å². The number of aryl methyl sites for hydroxylation is 1. The number of ether oxygens (including phenoxy) is 1. The average Bonchev–Trinajstić information content (AvgIpc) is 3.17. The summed E-state index contributed by atoms with van der Waals surface area (Å²) >= 11 is 0. The van der Waals surface area contributed by atoms with Crippen molar-refractivity contribution in [2.75, 3.05) is 12.4 Å². The Morgan fingerprint density at radius 1 is 1.14 bits per heavy atom. The van der Waals surface area contributed by atoms with E-state index < -0.39 is 0 Å². The first-order valence-corrected chi connectivity index (χ1v) is 8.87. The first-order chi connectivity index (χ1) is 13.7. The fourth-order valence-electron chi connectivity index (χ4n) is 3.26. The molecule has 2 heterocycles. The molecule has 4 rings (SSSR count). The zero-order valence-electron chi connectivity index (χ0n) is 15.6. The maximum atomic E-state index is 9.39. The van der Waals surface area contributed by atoms with Crippen LogP contribution in [0.3, 0.4) is 0 Å². The maximum absolute atomic E-state index is 9.39. The zero-order chi connectivity index (χ0) is 19.5. The Bertz CT molecular complexity index is 1160. The van der Waals surface area contributed by atoms with Crippen molar-refractivity contribution in [3.8, 4) is 11.8 Å². The van der Waals surface area contributed by atoms with Crippen molar-refractivity contribution < 1.29 is 4.74 Å². The summed E-state index contributed by atoms with van der Waals surface area (Å²) in [5.41, 5.74) is 3.02. The van der Waals surface area contributed by atoms with Gasteiger partial charge in [0, 0.05) is 30.5 Å². The lowest BCUT2D eigenvalue weighted by molar-refractivity contribution is 0.414. The number of aromatic nitrogens is 3.